The lowest BCUT2D eigenvalue weighted by Crippen LogP contribution is -2.30. The maximum Gasteiger partial charge on any atom is 0.266 e. The smallest absolute Gasteiger partial charge is 0.266 e. The van der Waals surface area contributed by atoms with Crippen LogP contribution in [0.4, 0.5) is 5.69 Å². The van der Waals surface area contributed by atoms with Gasteiger partial charge in [0.15, 0.2) is 0 Å². The monoisotopic (exact) mass is 431 g/mol. The van der Waals surface area contributed by atoms with Crippen LogP contribution in [0.1, 0.15) is 26.4 Å². The maximum atomic E-state index is 13.4. The first-order chi connectivity index (χ1) is 13.6. The van der Waals surface area contributed by atoms with Crippen LogP contribution in [0.25, 0.3) is 22.0 Å². The Hall–Kier alpha value is -3.25. The highest BCUT2D eigenvalue weighted by Gasteiger charge is 2.41. The van der Waals surface area contributed by atoms with E-state index in [0.717, 1.165) is 20.8 Å². The van der Waals surface area contributed by atoms with Crippen molar-refractivity contribution in [2.24, 2.45) is 0 Å². The lowest BCUT2D eigenvalue weighted by molar-refractivity contribution is 0.0926. The Kier molecular flexibility index (Phi) is 3.70. The summed E-state index contributed by atoms with van der Waals surface area (Å²) in [5.74, 6) is -0.668. The fraction of sp³-hybridized carbons (Fsp3) is 0.0455. The van der Waals surface area contributed by atoms with Crippen LogP contribution in [-0.4, -0.2) is 22.0 Å². The second kappa shape index (κ2) is 6.14. The summed E-state index contributed by atoms with van der Waals surface area (Å²) in [6.07, 6.45) is 0. The number of aromatic nitrogens is 2. The first kappa shape index (κ1) is 16.9. The number of hydrogen-bond donors (Lipinski definition) is 1. The summed E-state index contributed by atoms with van der Waals surface area (Å²) in [6.45, 7) is 1.81. The number of nitrogens with one attached hydrogen (secondary N) is 1. The minimum absolute atomic E-state index is 0.328. The number of halogens is 1. The molecule has 5 nitrogen and oxygen atoms in total. The van der Waals surface area contributed by atoms with Crippen molar-refractivity contribution in [3.8, 4) is 11.3 Å². The van der Waals surface area contributed by atoms with E-state index in [4.69, 9.17) is 0 Å². The number of imide groups is 1. The number of benzene rings is 3. The number of H-pyrrole nitrogens is 1. The topological polar surface area (TPSA) is 66.1 Å². The molecule has 1 aromatic heterocycles. The first-order valence-corrected chi connectivity index (χ1v) is 9.57. The van der Waals surface area contributed by atoms with Crippen LogP contribution < -0.4 is 4.90 Å². The van der Waals surface area contributed by atoms with E-state index >= 15 is 0 Å². The number of aryl methyl sites for hydroxylation is 1. The van der Waals surface area contributed by atoms with Gasteiger partial charge in [-0.3, -0.25) is 14.7 Å². The fourth-order valence-electron chi connectivity index (χ4n) is 3.75. The number of anilines is 1. The van der Waals surface area contributed by atoms with Crippen molar-refractivity contribution < 1.29 is 9.59 Å². The lowest BCUT2D eigenvalue weighted by Gasteiger charge is -2.15. The van der Waals surface area contributed by atoms with Crippen molar-refractivity contribution in [3.63, 3.8) is 0 Å². The normalized spacial score (nSPS) is 13.4. The molecule has 0 bridgehead atoms. The summed E-state index contributed by atoms with van der Waals surface area (Å²) >= 11 is 3.53. The van der Waals surface area contributed by atoms with Crippen molar-refractivity contribution in [1.29, 1.82) is 0 Å². The van der Waals surface area contributed by atoms with E-state index < -0.39 is 0 Å². The SMILES string of the molecule is Cc1[nH]nc(-c2ccccc2)c1N1C(=O)c2cc(Br)c3ccccc3c2C1=O. The van der Waals surface area contributed by atoms with Crippen LogP contribution >= 0.6 is 15.9 Å². The molecule has 4 aromatic rings. The predicted molar refractivity (Wildman–Crippen MR) is 112 cm³/mol. The number of fused-ring (bicyclic) bond motifs is 3. The molecule has 0 saturated carbocycles. The molecule has 0 fully saturated rings. The van der Waals surface area contributed by atoms with Crippen LogP contribution in [0, 0.1) is 6.92 Å². The van der Waals surface area contributed by atoms with Crippen LogP contribution in [0.15, 0.2) is 65.1 Å². The summed E-state index contributed by atoms with van der Waals surface area (Å²) in [4.78, 5) is 27.9. The van der Waals surface area contributed by atoms with Gasteiger partial charge in [-0.05, 0) is 23.8 Å². The van der Waals surface area contributed by atoms with Crippen molar-refractivity contribution in [2.75, 3.05) is 4.90 Å². The third kappa shape index (κ3) is 2.28. The maximum absolute atomic E-state index is 13.4. The molecule has 1 aliphatic heterocycles. The molecular weight excluding hydrogens is 418 g/mol. The quantitative estimate of drug-likeness (QED) is 0.448. The number of amides is 2. The average molecular weight is 432 g/mol. The molecule has 0 aliphatic carbocycles. The molecular formula is C22H14BrN3O2. The largest absolute Gasteiger partial charge is 0.280 e. The zero-order chi connectivity index (χ0) is 19.4. The summed E-state index contributed by atoms with van der Waals surface area (Å²) < 4.78 is 0.789. The summed E-state index contributed by atoms with van der Waals surface area (Å²) in [5, 5.41) is 8.94. The van der Waals surface area contributed by atoms with Gasteiger partial charge in [0.05, 0.1) is 16.8 Å². The Balaban J connectivity index is 1.74. The fourth-order valence-corrected chi connectivity index (χ4v) is 4.33. The highest BCUT2D eigenvalue weighted by molar-refractivity contribution is 9.10. The van der Waals surface area contributed by atoms with Gasteiger partial charge in [-0.1, -0.05) is 70.5 Å². The third-order valence-corrected chi connectivity index (χ3v) is 5.69. The number of rotatable bonds is 2. The van der Waals surface area contributed by atoms with E-state index in [-0.39, 0.29) is 11.8 Å². The molecule has 5 rings (SSSR count). The molecule has 2 heterocycles. The highest BCUT2D eigenvalue weighted by atomic mass is 79.9. The molecule has 0 unspecified atom stereocenters. The van der Waals surface area contributed by atoms with Crippen LogP contribution in [0.3, 0.4) is 0 Å². The summed E-state index contributed by atoms with van der Waals surface area (Å²) in [6, 6.07) is 18.8. The number of carbonyl (C=O) groups is 2. The van der Waals surface area contributed by atoms with Crippen molar-refractivity contribution >= 4 is 44.2 Å². The number of hydrogen-bond acceptors (Lipinski definition) is 3. The molecule has 3 aromatic carbocycles. The van der Waals surface area contributed by atoms with Gasteiger partial charge >= 0.3 is 0 Å². The molecule has 6 heteroatoms. The van der Waals surface area contributed by atoms with E-state index in [1.807, 2.05) is 61.5 Å². The summed E-state index contributed by atoms with van der Waals surface area (Å²) in [7, 11) is 0. The second-order valence-corrected chi connectivity index (χ2v) is 7.54. The van der Waals surface area contributed by atoms with Crippen molar-refractivity contribution in [3.05, 3.63) is 82.0 Å². The number of carbonyl (C=O) groups excluding carboxylic acids is 2. The molecule has 28 heavy (non-hydrogen) atoms. The van der Waals surface area contributed by atoms with E-state index in [2.05, 4.69) is 26.1 Å². The minimum Gasteiger partial charge on any atom is -0.280 e. The van der Waals surface area contributed by atoms with Crippen molar-refractivity contribution in [2.45, 2.75) is 6.92 Å². The van der Waals surface area contributed by atoms with Gasteiger partial charge in [-0.2, -0.15) is 5.10 Å². The Morgan fingerprint density at radius 2 is 1.61 bits per heavy atom. The molecule has 1 aliphatic rings. The summed E-state index contributed by atoms with van der Waals surface area (Å²) in [5.41, 5.74) is 3.41. The lowest BCUT2D eigenvalue weighted by atomic mass is 10.0. The van der Waals surface area contributed by atoms with E-state index in [0.29, 0.717) is 28.2 Å². The Bertz CT molecular complexity index is 1280. The van der Waals surface area contributed by atoms with E-state index in [1.54, 1.807) is 6.07 Å². The predicted octanol–water partition coefficient (Wildman–Crippen LogP) is 5.10. The molecule has 0 saturated heterocycles. The third-order valence-electron chi connectivity index (χ3n) is 5.03. The van der Waals surface area contributed by atoms with Gasteiger partial charge in [0.2, 0.25) is 0 Å². The molecule has 0 spiro atoms. The van der Waals surface area contributed by atoms with Gasteiger partial charge in [-0.15, -0.1) is 0 Å². The number of nitrogens with zero attached hydrogens (tertiary/aromatic N) is 2. The van der Waals surface area contributed by atoms with E-state index in [1.165, 1.54) is 4.90 Å². The van der Waals surface area contributed by atoms with Gasteiger partial charge in [-0.25, -0.2) is 4.90 Å². The molecule has 0 atom stereocenters. The minimum atomic E-state index is -0.340. The zero-order valence-electron chi connectivity index (χ0n) is 14.9. The first-order valence-electron chi connectivity index (χ1n) is 8.78. The van der Waals surface area contributed by atoms with Crippen LogP contribution in [0.5, 0.6) is 0 Å². The standard InChI is InChI=1S/C22H14BrN3O2/c1-12-20(19(25-24-12)13-7-3-2-4-8-13)26-21(27)16-11-17(23)14-9-5-6-10-15(14)18(16)22(26)28/h2-11H,1H3,(H,24,25). The molecule has 2 amide bonds. The number of aromatic amines is 1. The van der Waals surface area contributed by atoms with Gasteiger partial charge in [0.1, 0.15) is 11.4 Å². The van der Waals surface area contributed by atoms with Gasteiger partial charge in [0.25, 0.3) is 11.8 Å². The Morgan fingerprint density at radius 3 is 2.36 bits per heavy atom. The highest BCUT2D eigenvalue weighted by Crippen LogP contribution is 2.40. The zero-order valence-corrected chi connectivity index (χ0v) is 16.4. The van der Waals surface area contributed by atoms with Crippen LogP contribution in [0.2, 0.25) is 0 Å². The Morgan fingerprint density at radius 1 is 0.929 bits per heavy atom. The molecule has 136 valence electrons. The van der Waals surface area contributed by atoms with Crippen LogP contribution in [-0.2, 0) is 0 Å². The Labute approximate surface area is 169 Å². The van der Waals surface area contributed by atoms with Gasteiger partial charge < -0.3 is 0 Å². The second-order valence-electron chi connectivity index (χ2n) is 6.68. The van der Waals surface area contributed by atoms with E-state index in [9.17, 15) is 9.59 Å². The van der Waals surface area contributed by atoms with Gasteiger partial charge in [0, 0.05) is 10.0 Å². The molecule has 0 radical (unpaired) electrons. The average Bonchev–Trinajstić information content (AvgIpc) is 3.20. The molecule has 1 N–H and O–H groups in total. The van der Waals surface area contributed by atoms with Crippen molar-refractivity contribution in [1.82, 2.24) is 10.2 Å².